The molecule has 2 amide bonds. The summed E-state index contributed by atoms with van der Waals surface area (Å²) in [6.07, 6.45) is 4.34. The molecule has 1 aromatic heterocycles. The summed E-state index contributed by atoms with van der Waals surface area (Å²) in [4.78, 5) is 27.2. The Morgan fingerprint density at radius 3 is 2.56 bits per heavy atom. The van der Waals surface area contributed by atoms with Gasteiger partial charge in [-0.2, -0.15) is 5.10 Å². The Balaban J connectivity index is 1.30. The van der Waals surface area contributed by atoms with Crippen LogP contribution in [0.5, 0.6) is 0 Å². The van der Waals surface area contributed by atoms with E-state index < -0.39 is 0 Å². The quantitative estimate of drug-likeness (QED) is 0.612. The first-order chi connectivity index (χ1) is 15.5. The summed E-state index contributed by atoms with van der Waals surface area (Å²) in [7, 11) is 0. The number of rotatable bonds is 6. The number of piperidine rings is 1. The largest absolute Gasteiger partial charge is 0.353 e. The van der Waals surface area contributed by atoms with E-state index in [9.17, 15) is 9.59 Å². The molecule has 32 heavy (non-hydrogen) atoms. The molecule has 0 unspecified atom stereocenters. The maximum absolute atomic E-state index is 13.1. The lowest BCUT2D eigenvalue weighted by molar-refractivity contribution is -0.122. The van der Waals surface area contributed by atoms with Crippen molar-refractivity contribution in [1.29, 1.82) is 0 Å². The van der Waals surface area contributed by atoms with Gasteiger partial charge in [0.2, 0.25) is 5.91 Å². The molecule has 0 spiro atoms. The highest BCUT2D eigenvalue weighted by atomic mass is 35.5. The van der Waals surface area contributed by atoms with Crippen LogP contribution in [-0.4, -0.2) is 45.6 Å². The second-order valence-corrected chi connectivity index (χ2v) is 8.59. The van der Waals surface area contributed by atoms with Crippen LogP contribution in [0.15, 0.2) is 60.8 Å². The maximum atomic E-state index is 13.1. The second-order valence-electron chi connectivity index (χ2n) is 8.15. The standard InChI is InChI=1S/C25H27ClN4O2/c1-18-23(17-27-30(18)22-9-5-8-20(26)16-22)25(32)29-14-12-21(13-15-29)28-24(31)11-10-19-6-3-2-4-7-19/h2-9,16-17,21H,10-15H2,1H3,(H,28,31). The summed E-state index contributed by atoms with van der Waals surface area (Å²) in [6, 6.07) is 17.5. The van der Waals surface area contributed by atoms with Crippen molar-refractivity contribution < 1.29 is 9.59 Å². The predicted molar refractivity (Wildman–Crippen MR) is 125 cm³/mol. The molecule has 1 aliphatic heterocycles. The van der Waals surface area contributed by atoms with Gasteiger partial charge in [-0.3, -0.25) is 9.59 Å². The number of likely N-dealkylation sites (tertiary alicyclic amines) is 1. The number of nitrogens with zero attached hydrogens (tertiary/aromatic N) is 3. The lowest BCUT2D eigenvalue weighted by Crippen LogP contribution is -2.46. The molecule has 0 bridgehead atoms. The molecule has 2 aromatic carbocycles. The fraction of sp³-hybridized carbons (Fsp3) is 0.320. The number of amides is 2. The van der Waals surface area contributed by atoms with Crippen molar-refractivity contribution in [3.8, 4) is 5.69 Å². The summed E-state index contributed by atoms with van der Waals surface area (Å²) in [6.45, 7) is 3.12. The molecule has 0 saturated carbocycles. The molecule has 166 valence electrons. The summed E-state index contributed by atoms with van der Waals surface area (Å²) in [5, 5.41) is 8.14. The molecule has 1 fully saturated rings. The van der Waals surface area contributed by atoms with Gasteiger partial charge in [0.25, 0.3) is 5.91 Å². The molecule has 2 heterocycles. The van der Waals surface area contributed by atoms with Crippen molar-refractivity contribution >= 4 is 23.4 Å². The Morgan fingerprint density at radius 2 is 1.84 bits per heavy atom. The lowest BCUT2D eigenvalue weighted by Gasteiger charge is -2.32. The van der Waals surface area contributed by atoms with Gasteiger partial charge in [0.05, 0.1) is 23.1 Å². The summed E-state index contributed by atoms with van der Waals surface area (Å²) in [5.41, 5.74) is 3.37. The minimum Gasteiger partial charge on any atom is -0.353 e. The molecule has 3 aromatic rings. The fourth-order valence-corrected chi connectivity index (χ4v) is 4.27. The first kappa shape index (κ1) is 22.1. The maximum Gasteiger partial charge on any atom is 0.257 e. The molecule has 0 radical (unpaired) electrons. The average Bonchev–Trinajstić information content (AvgIpc) is 3.19. The fourth-order valence-electron chi connectivity index (χ4n) is 4.09. The number of hydrogen-bond donors (Lipinski definition) is 1. The zero-order valence-corrected chi connectivity index (χ0v) is 18.9. The number of carbonyl (C=O) groups excluding carboxylic acids is 2. The zero-order chi connectivity index (χ0) is 22.5. The second kappa shape index (κ2) is 10.0. The van der Waals surface area contributed by atoms with E-state index in [1.165, 1.54) is 0 Å². The van der Waals surface area contributed by atoms with Gasteiger partial charge in [-0.25, -0.2) is 4.68 Å². The molecule has 6 nitrogen and oxygen atoms in total. The van der Waals surface area contributed by atoms with Gasteiger partial charge in [-0.15, -0.1) is 0 Å². The van der Waals surface area contributed by atoms with E-state index in [4.69, 9.17) is 11.6 Å². The zero-order valence-electron chi connectivity index (χ0n) is 18.1. The minimum atomic E-state index is -0.0235. The van der Waals surface area contributed by atoms with Crippen molar-refractivity contribution in [2.45, 2.75) is 38.6 Å². The smallest absolute Gasteiger partial charge is 0.257 e. The van der Waals surface area contributed by atoms with Gasteiger partial charge in [0.15, 0.2) is 0 Å². The van der Waals surface area contributed by atoms with Gasteiger partial charge in [0, 0.05) is 30.6 Å². The van der Waals surface area contributed by atoms with Crippen LogP contribution >= 0.6 is 11.6 Å². The number of carbonyl (C=O) groups is 2. The number of aromatic nitrogens is 2. The van der Waals surface area contributed by atoms with Gasteiger partial charge in [-0.1, -0.05) is 48.0 Å². The molecular weight excluding hydrogens is 424 g/mol. The number of benzene rings is 2. The van der Waals surface area contributed by atoms with Crippen molar-refractivity contribution in [2.24, 2.45) is 0 Å². The van der Waals surface area contributed by atoms with Gasteiger partial charge in [0.1, 0.15) is 0 Å². The average molecular weight is 451 g/mol. The van der Waals surface area contributed by atoms with Crippen molar-refractivity contribution in [1.82, 2.24) is 20.0 Å². The molecule has 1 aliphatic rings. The first-order valence-electron chi connectivity index (χ1n) is 10.9. The molecule has 7 heteroatoms. The predicted octanol–water partition coefficient (Wildman–Crippen LogP) is 4.19. The third-order valence-corrected chi connectivity index (χ3v) is 6.16. The summed E-state index contributed by atoms with van der Waals surface area (Å²) >= 11 is 6.09. The molecular formula is C25H27ClN4O2. The van der Waals surface area contributed by atoms with Crippen molar-refractivity contribution in [3.05, 3.63) is 82.6 Å². The number of aryl methyl sites for hydroxylation is 1. The normalized spacial score (nSPS) is 14.4. The third-order valence-electron chi connectivity index (χ3n) is 5.92. The van der Waals surface area contributed by atoms with E-state index in [0.29, 0.717) is 30.1 Å². The third kappa shape index (κ3) is 5.19. The van der Waals surface area contributed by atoms with E-state index >= 15 is 0 Å². The van der Waals surface area contributed by atoms with Crippen molar-refractivity contribution in [3.63, 3.8) is 0 Å². The topological polar surface area (TPSA) is 67.2 Å². The van der Waals surface area contributed by atoms with E-state index in [2.05, 4.69) is 10.4 Å². The van der Waals surface area contributed by atoms with Crippen LogP contribution in [0.2, 0.25) is 5.02 Å². The Labute approximate surface area is 193 Å². The minimum absolute atomic E-state index is 0.0235. The van der Waals surface area contributed by atoms with Crippen LogP contribution < -0.4 is 5.32 Å². The Morgan fingerprint density at radius 1 is 1.09 bits per heavy atom. The number of halogens is 1. The number of nitrogens with one attached hydrogen (secondary N) is 1. The van der Waals surface area contributed by atoms with Gasteiger partial charge >= 0.3 is 0 Å². The Bertz CT molecular complexity index is 1090. The van der Waals surface area contributed by atoms with E-state index in [1.807, 2.05) is 60.4 Å². The summed E-state index contributed by atoms with van der Waals surface area (Å²) in [5.74, 6) is 0.0434. The highest BCUT2D eigenvalue weighted by Crippen LogP contribution is 2.20. The monoisotopic (exact) mass is 450 g/mol. The summed E-state index contributed by atoms with van der Waals surface area (Å²) < 4.78 is 1.73. The van der Waals surface area contributed by atoms with E-state index in [0.717, 1.165) is 36.2 Å². The highest BCUT2D eigenvalue weighted by Gasteiger charge is 2.26. The number of hydrogen-bond acceptors (Lipinski definition) is 3. The van der Waals surface area contributed by atoms with Gasteiger partial charge in [-0.05, 0) is 49.9 Å². The molecule has 1 N–H and O–H groups in total. The van der Waals surface area contributed by atoms with Crippen LogP contribution in [0, 0.1) is 6.92 Å². The van der Waals surface area contributed by atoms with Crippen LogP contribution in [-0.2, 0) is 11.2 Å². The van der Waals surface area contributed by atoms with Crippen LogP contribution in [0.25, 0.3) is 5.69 Å². The Hall–Kier alpha value is -3.12. The van der Waals surface area contributed by atoms with Gasteiger partial charge < -0.3 is 10.2 Å². The molecule has 4 rings (SSSR count). The molecule has 0 aliphatic carbocycles. The van der Waals surface area contributed by atoms with Crippen LogP contribution in [0.1, 0.15) is 40.9 Å². The molecule has 0 atom stereocenters. The first-order valence-corrected chi connectivity index (χ1v) is 11.3. The SMILES string of the molecule is Cc1c(C(=O)N2CCC(NC(=O)CCc3ccccc3)CC2)cnn1-c1cccc(Cl)c1. The van der Waals surface area contributed by atoms with E-state index in [1.54, 1.807) is 16.9 Å². The van der Waals surface area contributed by atoms with Crippen LogP contribution in [0.3, 0.4) is 0 Å². The molecule has 1 saturated heterocycles. The van der Waals surface area contributed by atoms with Crippen molar-refractivity contribution in [2.75, 3.05) is 13.1 Å². The Kier molecular flexibility index (Phi) is 6.90. The van der Waals surface area contributed by atoms with E-state index in [-0.39, 0.29) is 17.9 Å². The lowest BCUT2D eigenvalue weighted by atomic mass is 10.0. The van der Waals surface area contributed by atoms with Crippen LogP contribution in [0.4, 0.5) is 0 Å². The highest BCUT2D eigenvalue weighted by molar-refractivity contribution is 6.30.